The molecule has 0 fully saturated rings. The predicted molar refractivity (Wildman–Crippen MR) is 92.0 cm³/mol. The SMILES string of the molecule is CCCN(C)Cc1c[nH]nc1-c1cnn(Cc2ccccc2)c1. The molecule has 3 rings (SSSR count). The van der Waals surface area contributed by atoms with Crippen molar-refractivity contribution >= 4 is 0 Å². The minimum atomic E-state index is 0.774. The molecule has 2 aromatic heterocycles. The highest BCUT2D eigenvalue weighted by molar-refractivity contribution is 5.60. The first kappa shape index (κ1) is 15.5. The van der Waals surface area contributed by atoms with Crippen molar-refractivity contribution in [3.05, 3.63) is 60.0 Å². The van der Waals surface area contributed by atoms with Crippen LogP contribution in [0, 0.1) is 0 Å². The van der Waals surface area contributed by atoms with Gasteiger partial charge in [0.25, 0.3) is 0 Å². The van der Waals surface area contributed by atoms with Crippen LogP contribution in [0.25, 0.3) is 11.3 Å². The maximum absolute atomic E-state index is 4.47. The van der Waals surface area contributed by atoms with Crippen LogP contribution in [-0.4, -0.2) is 38.5 Å². The second kappa shape index (κ2) is 7.24. The summed E-state index contributed by atoms with van der Waals surface area (Å²) in [5, 5.41) is 11.9. The lowest BCUT2D eigenvalue weighted by Gasteiger charge is -2.14. The Balaban J connectivity index is 1.74. The highest BCUT2D eigenvalue weighted by atomic mass is 15.3. The van der Waals surface area contributed by atoms with Crippen LogP contribution >= 0.6 is 0 Å². The van der Waals surface area contributed by atoms with Gasteiger partial charge < -0.3 is 4.90 Å². The van der Waals surface area contributed by atoms with Gasteiger partial charge in [-0.3, -0.25) is 9.78 Å². The standard InChI is InChI=1S/C18H23N5/c1-3-9-22(2)13-16-10-19-21-18(16)17-11-20-23(14-17)12-15-7-5-4-6-8-15/h4-8,10-11,14H,3,9,12-13H2,1-2H3,(H,19,21). The lowest BCUT2D eigenvalue weighted by molar-refractivity contribution is 0.328. The number of nitrogens with zero attached hydrogens (tertiary/aromatic N) is 4. The van der Waals surface area contributed by atoms with Crippen LogP contribution in [0.15, 0.2) is 48.9 Å². The van der Waals surface area contributed by atoms with Gasteiger partial charge in [-0.1, -0.05) is 37.3 Å². The van der Waals surface area contributed by atoms with E-state index in [1.807, 2.05) is 23.1 Å². The Bertz CT molecular complexity index is 729. The normalized spacial score (nSPS) is 11.3. The van der Waals surface area contributed by atoms with Crippen molar-refractivity contribution in [1.82, 2.24) is 24.9 Å². The Morgan fingerprint density at radius 2 is 2.04 bits per heavy atom. The molecule has 1 N–H and O–H groups in total. The molecule has 0 radical (unpaired) electrons. The van der Waals surface area contributed by atoms with E-state index in [0.717, 1.165) is 37.3 Å². The maximum Gasteiger partial charge on any atom is 0.0997 e. The molecule has 120 valence electrons. The molecule has 0 unspecified atom stereocenters. The summed E-state index contributed by atoms with van der Waals surface area (Å²) >= 11 is 0. The molecule has 5 heteroatoms. The molecule has 1 aromatic carbocycles. The lowest BCUT2D eigenvalue weighted by Crippen LogP contribution is -2.18. The average Bonchev–Trinajstić information content (AvgIpc) is 3.17. The van der Waals surface area contributed by atoms with Gasteiger partial charge in [-0.2, -0.15) is 10.2 Å². The average molecular weight is 309 g/mol. The molecule has 5 nitrogen and oxygen atoms in total. The molecule has 23 heavy (non-hydrogen) atoms. The lowest BCUT2D eigenvalue weighted by atomic mass is 10.1. The van der Waals surface area contributed by atoms with Gasteiger partial charge in [0.05, 0.1) is 18.4 Å². The van der Waals surface area contributed by atoms with Crippen molar-refractivity contribution in [2.24, 2.45) is 0 Å². The molecule has 2 heterocycles. The van der Waals surface area contributed by atoms with Crippen molar-refractivity contribution in [2.45, 2.75) is 26.4 Å². The number of hydrogen-bond donors (Lipinski definition) is 1. The van der Waals surface area contributed by atoms with Gasteiger partial charge in [-0.15, -0.1) is 0 Å². The fourth-order valence-corrected chi connectivity index (χ4v) is 2.78. The van der Waals surface area contributed by atoms with Crippen molar-refractivity contribution in [1.29, 1.82) is 0 Å². The van der Waals surface area contributed by atoms with E-state index in [0.29, 0.717) is 0 Å². The molecule has 0 saturated carbocycles. The van der Waals surface area contributed by atoms with E-state index in [-0.39, 0.29) is 0 Å². The quantitative estimate of drug-likeness (QED) is 0.729. The number of hydrogen-bond acceptors (Lipinski definition) is 3. The summed E-state index contributed by atoms with van der Waals surface area (Å²) in [5.74, 6) is 0. The van der Waals surface area contributed by atoms with E-state index >= 15 is 0 Å². The van der Waals surface area contributed by atoms with Gasteiger partial charge in [0.15, 0.2) is 0 Å². The fourth-order valence-electron chi connectivity index (χ4n) is 2.78. The maximum atomic E-state index is 4.47. The van der Waals surface area contributed by atoms with Crippen LogP contribution in [0.2, 0.25) is 0 Å². The number of benzene rings is 1. The van der Waals surface area contributed by atoms with E-state index < -0.39 is 0 Å². The van der Waals surface area contributed by atoms with Crippen LogP contribution < -0.4 is 0 Å². The van der Waals surface area contributed by atoms with E-state index in [1.165, 1.54) is 11.1 Å². The van der Waals surface area contributed by atoms with E-state index in [2.05, 4.69) is 64.6 Å². The van der Waals surface area contributed by atoms with E-state index in [9.17, 15) is 0 Å². The van der Waals surface area contributed by atoms with Gasteiger partial charge in [0.1, 0.15) is 0 Å². The zero-order chi connectivity index (χ0) is 16.1. The minimum Gasteiger partial charge on any atom is -0.302 e. The third kappa shape index (κ3) is 3.87. The number of H-pyrrole nitrogens is 1. The van der Waals surface area contributed by atoms with Gasteiger partial charge in [-0.05, 0) is 25.6 Å². The zero-order valence-corrected chi connectivity index (χ0v) is 13.7. The third-order valence-electron chi connectivity index (χ3n) is 3.86. The van der Waals surface area contributed by atoms with Gasteiger partial charge in [0, 0.05) is 30.1 Å². The van der Waals surface area contributed by atoms with Crippen LogP contribution in [-0.2, 0) is 13.1 Å². The number of nitrogens with one attached hydrogen (secondary N) is 1. The Kier molecular flexibility index (Phi) is 4.88. The summed E-state index contributed by atoms with van der Waals surface area (Å²) in [6, 6.07) is 10.4. The number of aromatic amines is 1. The molecule has 0 aliphatic heterocycles. The molecule has 0 amide bonds. The van der Waals surface area contributed by atoms with Crippen LogP contribution in [0.4, 0.5) is 0 Å². The molecule has 0 atom stereocenters. The smallest absolute Gasteiger partial charge is 0.0997 e. The highest BCUT2D eigenvalue weighted by Gasteiger charge is 2.12. The summed E-state index contributed by atoms with van der Waals surface area (Å²) in [6.07, 6.45) is 7.09. The molecule has 0 aliphatic carbocycles. The topological polar surface area (TPSA) is 49.7 Å². The minimum absolute atomic E-state index is 0.774. The molecule has 0 spiro atoms. The van der Waals surface area contributed by atoms with E-state index in [4.69, 9.17) is 0 Å². The Labute approximate surface area is 136 Å². The summed E-state index contributed by atoms with van der Waals surface area (Å²) < 4.78 is 1.96. The van der Waals surface area contributed by atoms with Gasteiger partial charge in [0.2, 0.25) is 0 Å². The second-order valence-electron chi connectivity index (χ2n) is 5.91. The summed E-state index contributed by atoms with van der Waals surface area (Å²) in [5.41, 5.74) is 4.50. The Hall–Kier alpha value is -2.40. The largest absolute Gasteiger partial charge is 0.302 e. The molecular weight excluding hydrogens is 286 g/mol. The number of aromatic nitrogens is 4. The van der Waals surface area contributed by atoms with Crippen LogP contribution in [0.3, 0.4) is 0 Å². The van der Waals surface area contributed by atoms with Crippen molar-refractivity contribution < 1.29 is 0 Å². The summed E-state index contributed by atoms with van der Waals surface area (Å²) in [6.45, 7) is 4.94. The van der Waals surface area contributed by atoms with Crippen molar-refractivity contribution in [2.75, 3.05) is 13.6 Å². The first-order valence-corrected chi connectivity index (χ1v) is 8.04. The Morgan fingerprint density at radius 3 is 2.83 bits per heavy atom. The molecule has 3 aromatic rings. The summed E-state index contributed by atoms with van der Waals surface area (Å²) in [4.78, 5) is 2.31. The highest BCUT2D eigenvalue weighted by Crippen LogP contribution is 2.21. The summed E-state index contributed by atoms with van der Waals surface area (Å²) in [7, 11) is 2.14. The van der Waals surface area contributed by atoms with Crippen molar-refractivity contribution in [3.8, 4) is 11.3 Å². The van der Waals surface area contributed by atoms with E-state index in [1.54, 1.807) is 0 Å². The molecule has 0 aliphatic rings. The Morgan fingerprint density at radius 1 is 1.22 bits per heavy atom. The first-order chi connectivity index (χ1) is 11.3. The monoisotopic (exact) mass is 309 g/mol. The first-order valence-electron chi connectivity index (χ1n) is 8.04. The predicted octanol–water partition coefficient (Wildman–Crippen LogP) is 3.16. The van der Waals surface area contributed by atoms with Crippen LogP contribution in [0.5, 0.6) is 0 Å². The fraction of sp³-hybridized carbons (Fsp3) is 0.333. The second-order valence-corrected chi connectivity index (χ2v) is 5.91. The van der Waals surface area contributed by atoms with Gasteiger partial charge >= 0.3 is 0 Å². The van der Waals surface area contributed by atoms with Crippen molar-refractivity contribution in [3.63, 3.8) is 0 Å². The third-order valence-corrected chi connectivity index (χ3v) is 3.86. The molecule has 0 bridgehead atoms. The van der Waals surface area contributed by atoms with Gasteiger partial charge in [-0.25, -0.2) is 0 Å². The molecular formula is C18H23N5. The number of rotatable bonds is 7. The van der Waals surface area contributed by atoms with Crippen LogP contribution in [0.1, 0.15) is 24.5 Å². The molecule has 0 saturated heterocycles. The zero-order valence-electron chi connectivity index (χ0n) is 13.7.